The number of allylic oxidation sites excluding steroid dienone is 1. The summed E-state index contributed by atoms with van der Waals surface area (Å²) in [4.78, 5) is 31.4. The van der Waals surface area contributed by atoms with E-state index >= 15 is 0 Å². The maximum absolute atomic E-state index is 13.4. The molecule has 0 saturated carbocycles. The van der Waals surface area contributed by atoms with Crippen LogP contribution in [-0.2, 0) is 9.53 Å². The van der Waals surface area contributed by atoms with Gasteiger partial charge in [-0.05, 0) is 36.3 Å². The van der Waals surface area contributed by atoms with Gasteiger partial charge in [-0.1, -0.05) is 78.1 Å². The molecule has 1 unspecified atom stereocenters. The highest BCUT2D eigenvalue weighted by Crippen LogP contribution is 2.30. The molecule has 3 aromatic rings. The Morgan fingerprint density at radius 3 is 2.74 bits per heavy atom. The highest BCUT2D eigenvalue weighted by Gasteiger charge is 2.33. The maximum Gasteiger partial charge on any atom is 0.338 e. The SMILES string of the molecule is C=CCOC(=O)C1=C(C)N=c2s/c(=C/c3cccc(Cl)c3)c(=O)n2C1c1ccccc1. The third-order valence-corrected chi connectivity index (χ3v) is 6.05. The predicted molar refractivity (Wildman–Crippen MR) is 123 cm³/mol. The molecule has 0 spiro atoms. The summed E-state index contributed by atoms with van der Waals surface area (Å²) in [5, 5.41) is 0.590. The van der Waals surface area contributed by atoms with E-state index in [9.17, 15) is 9.59 Å². The van der Waals surface area contributed by atoms with E-state index in [2.05, 4.69) is 11.6 Å². The van der Waals surface area contributed by atoms with E-state index in [1.807, 2.05) is 42.5 Å². The molecule has 0 radical (unpaired) electrons. The van der Waals surface area contributed by atoms with Gasteiger partial charge in [-0.3, -0.25) is 9.36 Å². The molecule has 7 heteroatoms. The first-order valence-corrected chi connectivity index (χ1v) is 10.8. The Bertz CT molecular complexity index is 1370. The molecule has 0 saturated heterocycles. The Labute approximate surface area is 187 Å². The van der Waals surface area contributed by atoms with Crippen molar-refractivity contribution in [2.45, 2.75) is 13.0 Å². The lowest BCUT2D eigenvalue weighted by atomic mass is 9.96. The number of nitrogens with zero attached hydrogens (tertiary/aromatic N) is 2. The zero-order valence-corrected chi connectivity index (χ0v) is 18.3. The number of rotatable bonds is 5. The Morgan fingerprint density at radius 1 is 1.26 bits per heavy atom. The summed E-state index contributed by atoms with van der Waals surface area (Å²) in [5.41, 5.74) is 2.26. The molecule has 1 aliphatic heterocycles. The molecular weight excluding hydrogens is 432 g/mol. The van der Waals surface area contributed by atoms with Crippen LogP contribution in [0.3, 0.4) is 0 Å². The average Bonchev–Trinajstić information content (AvgIpc) is 3.06. The zero-order chi connectivity index (χ0) is 22.0. The van der Waals surface area contributed by atoms with Crippen molar-refractivity contribution in [1.82, 2.24) is 4.57 Å². The Kier molecular flexibility index (Phi) is 6.02. The minimum absolute atomic E-state index is 0.0797. The van der Waals surface area contributed by atoms with Crippen molar-refractivity contribution in [2.24, 2.45) is 4.99 Å². The molecule has 5 nitrogen and oxygen atoms in total. The van der Waals surface area contributed by atoms with Gasteiger partial charge in [0.2, 0.25) is 0 Å². The number of hydrogen-bond acceptors (Lipinski definition) is 5. The second-order valence-electron chi connectivity index (χ2n) is 6.93. The Balaban J connectivity index is 1.93. The lowest BCUT2D eigenvalue weighted by Crippen LogP contribution is -2.39. The zero-order valence-electron chi connectivity index (χ0n) is 16.7. The topological polar surface area (TPSA) is 60.7 Å². The lowest BCUT2D eigenvalue weighted by Gasteiger charge is -2.24. The van der Waals surface area contributed by atoms with Crippen molar-refractivity contribution in [1.29, 1.82) is 0 Å². The van der Waals surface area contributed by atoms with E-state index in [4.69, 9.17) is 16.3 Å². The summed E-state index contributed by atoms with van der Waals surface area (Å²) in [6.45, 7) is 5.43. The first-order chi connectivity index (χ1) is 15.0. The third kappa shape index (κ3) is 4.17. The van der Waals surface area contributed by atoms with Gasteiger partial charge in [0.25, 0.3) is 5.56 Å². The second kappa shape index (κ2) is 8.88. The van der Waals surface area contributed by atoms with E-state index in [0.29, 0.717) is 25.6 Å². The van der Waals surface area contributed by atoms with Crippen molar-refractivity contribution in [3.05, 3.63) is 114 Å². The second-order valence-corrected chi connectivity index (χ2v) is 8.38. The fourth-order valence-electron chi connectivity index (χ4n) is 3.49. The van der Waals surface area contributed by atoms with Gasteiger partial charge in [-0.25, -0.2) is 9.79 Å². The van der Waals surface area contributed by atoms with Crippen molar-refractivity contribution >= 4 is 35.0 Å². The molecule has 0 bridgehead atoms. The number of ether oxygens (including phenoxy) is 1. The molecule has 156 valence electrons. The van der Waals surface area contributed by atoms with Gasteiger partial charge in [0.15, 0.2) is 4.80 Å². The number of carbonyl (C=O) groups is 1. The molecule has 1 aliphatic rings. The molecule has 2 aromatic carbocycles. The van der Waals surface area contributed by atoms with Crippen molar-refractivity contribution in [2.75, 3.05) is 6.61 Å². The van der Waals surface area contributed by atoms with Gasteiger partial charge in [0.1, 0.15) is 6.61 Å². The number of thiazole rings is 1. The van der Waals surface area contributed by atoms with Crippen LogP contribution in [0.4, 0.5) is 0 Å². The Hall–Kier alpha value is -3.22. The smallest absolute Gasteiger partial charge is 0.338 e. The van der Waals surface area contributed by atoms with Crippen LogP contribution in [-0.4, -0.2) is 17.1 Å². The summed E-state index contributed by atoms with van der Waals surface area (Å²) in [7, 11) is 0. The predicted octanol–water partition coefficient (Wildman–Crippen LogP) is 3.62. The quantitative estimate of drug-likeness (QED) is 0.440. The highest BCUT2D eigenvalue weighted by atomic mass is 35.5. The first kappa shape index (κ1) is 21.0. The summed E-state index contributed by atoms with van der Waals surface area (Å²) in [6, 6.07) is 16.1. The molecule has 0 N–H and O–H groups in total. The van der Waals surface area contributed by atoms with E-state index in [0.717, 1.165) is 11.1 Å². The van der Waals surface area contributed by atoms with Gasteiger partial charge < -0.3 is 4.74 Å². The maximum atomic E-state index is 13.4. The summed E-state index contributed by atoms with van der Waals surface area (Å²) in [5.74, 6) is -0.515. The average molecular weight is 451 g/mol. The minimum Gasteiger partial charge on any atom is -0.458 e. The van der Waals surface area contributed by atoms with Crippen LogP contribution in [0, 0.1) is 0 Å². The van der Waals surface area contributed by atoms with E-state index in [1.54, 1.807) is 29.7 Å². The van der Waals surface area contributed by atoms with Gasteiger partial charge >= 0.3 is 5.97 Å². The van der Waals surface area contributed by atoms with Crippen LogP contribution in [0.25, 0.3) is 6.08 Å². The normalized spacial score (nSPS) is 15.9. The van der Waals surface area contributed by atoms with Crippen molar-refractivity contribution in [3.63, 3.8) is 0 Å². The summed E-state index contributed by atoms with van der Waals surface area (Å²) in [6.07, 6.45) is 3.29. The number of halogens is 1. The lowest BCUT2D eigenvalue weighted by molar-refractivity contribution is -0.138. The fraction of sp³-hybridized carbons (Fsp3) is 0.125. The molecule has 1 aromatic heterocycles. The molecule has 2 heterocycles. The van der Waals surface area contributed by atoms with Gasteiger partial charge in [0, 0.05) is 5.02 Å². The fourth-order valence-corrected chi connectivity index (χ4v) is 4.74. The molecular formula is C24H19ClN2O3S. The number of benzene rings is 2. The molecule has 4 rings (SSSR count). The van der Waals surface area contributed by atoms with Crippen molar-refractivity contribution < 1.29 is 9.53 Å². The third-order valence-electron chi connectivity index (χ3n) is 4.84. The Morgan fingerprint density at radius 2 is 2.03 bits per heavy atom. The summed E-state index contributed by atoms with van der Waals surface area (Å²) < 4.78 is 7.39. The van der Waals surface area contributed by atoms with Crippen LogP contribution < -0.4 is 14.9 Å². The van der Waals surface area contributed by atoms with Crippen LogP contribution in [0.5, 0.6) is 0 Å². The number of aromatic nitrogens is 1. The van der Waals surface area contributed by atoms with E-state index in [1.165, 1.54) is 17.4 Å². The van der Waals surface area contributed by atoms with Gasteiger partial charge in [-0.15, -0.1) is 0 Å². The number of hydrogen-bond donors (Lipinski definition) is 0. The highest BCUT2D eigenvalue weighted by molar-refractivity contribution is 7.07. The molecule has 0 fully saturated rings. The molecule has 31 heavy (non-hydrogen) atoms. The largest absolute Gasteiger partial charge is 0.458 e. The minimum atomic E-state index is -0.628. The molecule has 0 aliphatic carbocycles. The van der Waals surface area contributed by atoms with E-state index in [-0.39, 0.29) is 12.2 Å². The van der Waals surface area contributed by atoms with Crippen molar-refractivity contribution in [3.8, 4) is 0 Å². The summed E-state index contributed by atoms with van der Waals surface area (Å²) >= 11 is 7.37. The first-order valence-electron chi connectivity index (χ1n) is 9.60. The standard InChI is InChI=1S/C24H19ClN2O3S/c1-3-12-30-23(29)20-15(2)26-24-27(21(20)17-9-5-4-6-10-17)22(28)19(31-24)14-16-8-7-11-18(25)13-16/h3-11,13-14,21H,1,12H2,2H3/b19-14+. The van der Waals surface area contributed by atoms with E-state index < -0.39 is 12.0 Å². The molecule has 1 atom stereocenters. The van der Waals surface area contributed by atoms with Crippen LogP contribution in [0.2, 0.25) is 5.02 Å². The van der Waals surface area contributed by atoms with Crippen LogP contribution >= 0.6 is 22.9 Å². The number of esters is 1. The van der Waals surface area contributed by atoms with Gasteiger partial charge in [0.05, 0.1) is 21.8 Å². The monoisotopic (exact) mass is 450 g/mol. The van der Waals surface area contributed by atoms with Crippen LogP contribution in [0.1, 0.15) is 24.1 Å². The number of fused-ring (bicyclic) bond motifs is 1. The molecule has 0 amide bonds. The van der Waals surface area contributed by atoms with Gasteiger partial charge in [-0.2, -0.15) is 0 Å². The van der Waals surface area contributed by atoms with Crippen LogP contribution in [0.15, 0.2) is 88.3 Å². The number of carbonyl (C=O) groups excluding carboxylic acids is 1.